The predicted molar refractivity (Wildman–Crippen MR) is 65.1 cm³/mol. The van der Waals surface area contributed by atoms with Crippen molar-refractivity contribution in [1.29, 1.82) is 0 Å². The Morgan fingerprint density at radius 2 is 1.55 bits per heavy atom. The summed E-state index contributed by atoms with van der Waals surface area (Å²) < 4.78 is 63.7. The Kier molecular flexibility index (Phi) is 3.92. The molecule has 0 amide bonds. The molecule has 0 atom stereocenters. The smallest absolute Gasteiger partial charge is 0.379 e. The molecular formula is C14H10F5N. The Bertz CT molecular complexity index is 590. The molecule has 106 valence electrons. The van der Waals surface area contributed by atoms with Crippen molar-refractivity contribution in [2.75, 3.05) is 5.32 Å². The number of anilines is 1. The molecule has 2 rings (SSSR count). The Hall–Kier alpha value is -2.11. The third kappa shape index (κ3) is 3.46. The van der Waals surface area contributed by atoms with Gasteiger partial charge in [-0.05, 0) is 35.9 Å². The number of nitrogens with one attached hydrogen (secondary N) is 1. The molecule has 1 N–H and O–H groups in total. The summed E-state index contributed by atoms with van der Waals surface area (Å²) in [6.07, 6.45) is -4.53. The van der Waals surface area contributed by atoms with Crippen LogP contribution in [0.2, 0.25) is 0 Å². The maximum Gasteiger partial charge on any atom is 0.416 e. The van der Waals surface area contributed by atoms with E-state index in [9.17, 15) is 22.0 Å². The van der Waals surface area contributed by atoms with Crippen molar-refractivity contribution in [2.24, 2.45) is 0 Å². The Labute approximate surface area is 112 Å². The first-order chi connectivity index (χ1) is 9.36. The van der Waals surface area contributed by atoms with Gasteiger partial charge in [-0.3, -0.25) is 0 Å². The van der Waals surface area contributed by atoms with Crippen LogP contribution in [0.15, 0.2) is 42.5 Å². The summed E-state index contributed by atoms with van der Waals surface area (Å²) in [5.74, 6) is -1.20. The lowest BCUT2D eigenvalue weighted by Gasteiger charge is -2.11. The second-order valence-electron chi connectivity index (χ2n) is 4.17. The van der Waals surface area contributed by atoms with Gasteiger partial charge in [-0.15, -0.1) is 0 Å². The van der Waals surface area contributed by atoms with E-state index in [-0.39, 0.29) is 12.2 Å². The zero-order valence-corrected chi connectivity index (χ0v) is 10.1. The summed E-state index contributed by atoms with van der Waals surface area (Å²) in [5, 5.41) is 2.56. The lowest BCUT2D eigenvalue weighted by molar-refractivity contribution is -0.137. The van der Waals surface area contributed by atoms with Gasteiger partial charge in [0.15, 0.2) is 0 Å². The molecule has 0 spiro atoms. The van der Waals surface area contributed by atoms with E-state index >= 15 is 0 Å². The van der Waals surface area contributed by atoms with Crippen molar-refractivity contribution in [3.8, 4) is 0 Å². The van der Waals surface area contributed by atoms with Crippen LogP contribution >= 0.6 is 0 Å². The van der Waals surface area contributed by atoms with E-state index in [0.29, 0.717) is 17.7 Å². The molecular weight excluding hydrogens is 277 g/mol. The van der Waals surface area contributed by atoms with Crippen molar-refractivity contribution in [3.05, 3.63) is 65.2 Å². The van der Waals surface area contributed by atoms with Gasteiger partial charge in [0.1, 0.15) is 11.6 Å². The summed E-state index contributed by atoms with van der Waals surface area (Å²) in [6, 6.07) is 7.52. The number of hydrogen-bond acceptors (Lipinski definition) is 1. The summed E-state index contributed by atoms with van der Waals surface area (Å²) >= 11 is 0. The van der Waals surface area contributed by atoms with Crippen LogP contribution in [0, 0.1) is 11.6 Å². The molecule has 20 heavy (non-hydrogen) atoms. The first-order valence-corrected chi connectivity index (χ1v) is 5.71. The minimum atomic E-state index is -4.53. The molecule has 0 aliphatic rings. The molecule has 0 fully saturated rings. The molecule has 0 bridgehead atoms. The normalized spacial score (nSPS) is 11.4. The molecule has 0 aromatic heterocycles. The van der Waals surface area contributed by atoms with E-state index in [2.05, 4.69) is 5.32 Å². The lowest BCUT2D eigenvalue weighted by Crippen LogP contribution is -2.08. The maximum atomic E-state index is 13.4. The average Bonchev–Trinajstić information content (AvgIpc) is 2.38. The molecule has 0 radical (unpaired) electrons. The molecule has 0 saturated heterocycles. The number of halogens is 5. The fourth-order valence-corrected chi connectivity index (χ4v) is 1.64. The molecule has 0 saturated carbocycles. The fourth-order valence-electron chi connectivity index (χ4n) is 1.64. The van der Waals surface area contributed by atoms with Crippen LogP contribution in [-0.2, 0) is 12.7 Å². The van der Waals surface area contributed by atoms with E-state index in [0.717, 1.165) is 6.07 Å². The van der Waals surface area contributed by atoms with Crippen molar-refractivity contribution >= 4 is 5.69 Å². The molecule has 0 aliphatic carbocycles. The minimum Gasteiger partial charge on any atom is -0.379 e. The summed E-state index contributed by atoms with van der Waals surface area (Å²) in [4.78, 5) is 0. The van der Waals surface area contributed by atoms with Gasteiger partial charge >= 0.3 is 6.18 Å². The van der Waals surface area contributed by atoms with Gasteiger partial charge in [0.25, 0.3) is 0 Å². The molecule has 2 aromatic rings. The van der Waals surface area contributed by atoms with E-state index in [1.807, 2.05) is 0 Å². The zero-order chi connectivity index (χ0) is 14.8. The largest absolute Gasteiger partial charge is 0.416 e. The molecule has 6 heteroatoms. The van der Waals surface area contributed by atoms with Crippen LogP contribution in [-0.4, -0.2) is 0 Å². The number of benzene rings is 2. The fraction of sp³-hybridized carbons (Fsp3) is 0.143. The third-order valence-electron chi connectivity index (χ3n) is 2.69. The third-order valence-corrected chi connectivity index (χ3v) is 2.69. The first-order valence-electron chi connectivity index (χ1n) is 5.71. The van der Waals surface area contributed by atoms with Gasteiger partial charge in [0.05, 0.1) is 11.3 Å². The summed E-state index contributed by atoms with van der Waals surface area (Å²) in [5.41, 5.74) is -0.548. The zero-order valence-electron chi connectivity index (χ0n) is 10.1. The lowest BCUT2D eigenvalue weighted by atomic mass is 10.1. The number of hydrogen-bond donors (Lipinski definition) is 1. The van der Waals surface area contributed by atoms with Crippen LogP contribution in [0.25, 0.3) is 0 Å². The SMILES string of the molecule is Fc1ccc(CNc2cc(C(F)(F)F)ccc2F)cc1. The Morgan fingerprint density at radius 1 is 0.900 bits per heavy atom. The highest BCUT2D eigenvalue weighted by atomic mass is 19.4. The van der Waals surface area contributed by atoms with E-state index < -0.39 is 23.4 Å². The van der Waals surface area contributed by atoms with Gasteiger partial charge in [-0.25, -0.2) is 8.78 Å². The van der Waals surface area contributed by atoms with Crippen molar-refractivity contribution in [1.82, 2.24) is 0 Å². The van der Waals surface area contributed by atoms with Crippen molar-refractivity contribution in [3.63, 3.8) is 0 Å². The second kappa shape index (κ2) is 5.48. The van der Waals surface area contributed by atoms with Crippen molar-refractivity contribution < 1.29 is 22.0 Å². The highest BCUT2D eigenvalue weighted by Gasteiger charge is 2.31. The number of alkyl halides is 3. The topological polar surface area (TPSA) is 12.0 Å². The van der Waals surface area contributed by atoms with Gasteiger partial charge in [-0.1, -0.05) is 12.1 Å². The Morgan fingerprint density at radius 3 is 2.15 bits per heavy atom. The predicted octanol–water partition coefficient (Wildman–Crippen LogP) is 4.60. The number of rotatable bonds is 3. The van der Waals surface area contributed by atoms with Crippen molar-refractivity contribution in [2.45, 2.75) is 12.7 Å². The van der Waals surface area contributed by atoms with Crippen LogP contribution in [0.3, 0.4) is 0 Å². The quantitative estimate of drug-likeness (QED) is 0.814. The highest BCUT2D eigenvalue weighted by molar-refractivity contribution is 5.48. The summed E-state index contributed by atoms with van der Waals surface area (Å²) in [7, 11) is 0. The van der Waals surface area contributed by atoms with Gasteiger partial charge in [0.2, 0.25) is 0 Å². The maximum absolute atomic E-state index is 13.4. The van der Waals surface area contributed by atoms with E-state index in [1.54, 1.807) is 0 Å². The Balaban J connectivity index is 2.14. The van der Waals surface area contributed by atoms with E-state index in [4.69, 9.17) is 0 Å². The average molecular weight is 287 g/mol. The standard InChI is InChI=1S/C14H10F5N/c15-11-4-1-9(2-5-11)8-20-13-7-10(14(17,18)19)3-6-12(13)16/h1-7,20H,8H2. The van der Waals surface area contributed by atoms with Gasteiger partial charge in [-0.2, -0.15) is 13.2 Å². The molecule has 2 aromatic carbocycles. The van der Waals surface area contributed by atoms with Gasteiger partial charge < -0.3 is 5.32 Å². The molecule has 0 heterocycles. The highest BCUT2D eigenvalue weighted by Crippen LogP contribution is 2.31. The molecule has 0 unspecified atom stereocenters. The van der Waals surface area contributed by atoms with Gasteiger partial charge in [0, 0.05) is 6.54 Å². The molecule has 1 nitrogen and oxygen atoms in total. The summed E-state index contributed by atoms with van der Waals surface area (Å²) in [6.45, 7) is 0.0957. The second-order valence-corrected chi connectivity index (χ2v) is 4.17. The minimum absolute atomic E-state index is 0.0957. The van der Waals surface area contributed by atoms with Crippen LogP contribution < -0.4 is 5.32 Å². The van der Waals surface area contributed by atoms with Crippen LogP contribution in [0.5, 0.6) is 0 Å². The first kappa shape index (κ1) is 14.3. The monoisotopic (exact) mass is 287 g/mol. The van der Waals surface area contributed by atoms with Crippen LogP contribution in [0.4, 0.5) is 27.6 Å². The van der Waals surface area contributed by atoms with E-state index in [1.165, 1.54) is 24.3 Å². The molecule has 0 aliphatic heterocycles. The van der Waals surface area contributed by atoms with Crippen LogP contribution in [0.1, 0.15) is 11.1 Å².